The summed E-state index contributed by atoms with van der Waals surface area (Å²) < 4.78 is 0. The molecule has 0 saturated carbocycles. The van der Waals surface area contributed by atoms with Gasteiger partial charge >= 0.3 is 11.9 Å². The van der Waals surface area contributed by atoms with Gasteiger partial charge in [0.2, 0.25) is 17.7 Å². The van der Waals surface area contributed by atoms with E-state index in [0.29, 0.717) is 0 Å². The van der Waals surface area contributed by atoms with Gasteiger partial charge in [-0.1, -0.05) is 27.7 Å². The minimum absolute atomic E-state index is 0.0310. The molecule has 0 heterocycles. The number of aliphatic hydroxyl groups excluding tert-OH is 1. The number of hydrogen-bond donors (Lipinski definition) is 7. The van der Waals surface area contributed by atoms with Crippen LogP contribution in [0.1, 0.15) is 47.5 Å². The van der Waals surface area contributed by atoms with Crippen molar-refractivity contribution in [3.05, 3.63) is 0 Å². The molecule has 0 aliphatic heterocycles. The molecule has 0 aromatic carbocycles. The molecule has 3 amide bonds. The third-order valence-electron chi connectivity index (χ3n) is 4.36. The van der Waals surface area contributed by atoms with Gasteiger partial charge in [-0.15, -0.1) is 0 Å². The maximum absolute atomic E-state index is 12.7. The van der Waals surface area contributed by atoms with Crippen LogP contribution < -0.4 is 21.7 Å². The first kappa shape index (κ1) is 28.3. The number of rotatable bonds is 13. The second kappa shape index (κ2) is 12.8. The zero-order chi connectivity index (χ0) is 24.5. The molecular weight excluding hydrogens is 412 g/mol. The van der Waals surface area contributed by atoms with Gasteiger partial charge in [0.05, 0.1) is 18.6 Å². The molecule has 5 atom stereocenters. The molecule has 31 heavy (non-hydrogen) atoms. The Balaban J connectivity index is 5.36. The maximum Gasteiger partial charge on any atom is 0.326 e. The van der Waals surface area contributed by atoms with Crippen LogP contribution in [0.4, 0.5) is 0 Å². The lowest BCUT2D eigenvalue weighted by Crippen LogP contribution is -2.61. The highest BCUT2D eigenvalue weighted by molar-refractivity contribution is 5.95. The first-order valence-electron chi connectivity index (χ1n) is 9.96. The zero-order valence-electron chi connectivity index (χ0n) is 18.4. The lowest BCUT2D eigenvalue weighted by molar-refractivity contribution is -0.143. The normalized spacial score (nSPS) is 16.0. The number of carbonyl (C=O) groups excluding carboxylic acids is 3. The molecule has 0 saturated heterocycles. The number of hydrogen-bond acceptors (Lipinski definition) is 7. The second-order valence-electron chi connectivity index (χ2n) is 8.19. The van der Waals surface area contributed by atoms with E-state index in [9.17, 15) is 34.2 Å². The van der Waals surface area contributed by atoms with Crippen LogP contribution >= 0.6 is 0 Å². The van der Waals surface area contributed by atoms with Gasteiger partial charge in [0.1, 0.15) is 18.1 Å². The molecule has 0 aliphatic carbocycles. The molecule has 5 unspecified atom stereocenters. The topological polar surface area (TPSA) is 208 Å². The van der Waals surface area contributed by atoms with E-state index in [1.54, 1.807) is 27.7 Å². The van der Waals surface area contributed by atoms with E-state index in [-0.39, 0.29) is 12.3 Å². The third kappa shape index (κ3) is 10.2. The number of aliphatic carboxylic acids is 2. The average Bonchev–Trinajstić information content (AvgIpc) is 2.61. The number of aliphatic hydroxyl groups is 1. The van der Waals surface area contributed by atoms with Gasteiger partial charge in [-0.3, -0.25) is 19.2 Å². The monoisotopic (exact) mass is 446 g/mol. The highest BCUT2D eigenvalue weighted by Crippen LogP contribution is 2.08. The summed E-state index contributed by atoms with van der Waals surface area (Å²) in [6.45, 7) is 8.01. The minimum atomic E-state index is -1.48. The molecule has 0 rings (SSSR count). The summed E-state index contributed by atoms with van der Waals surface area (Å²) in [7, 11) is 0. The van der Waals surface area contributed by atoms with Crippen LogP contribution in [0.2, 0.25) is 0 Å². The van der Waals surface area contributed by atoms with Gasteiger partial charge < -0.3 is 37.0 Å². The molecule has 0 aromatic heterocycles. The number of carboxylic acids is 2. The standard InChI is InChI=1S/C19H34N4O8/c1-8(2)6-12(19(30)31)21-18(29)15(10(5)24)23-17(28)14(9(3)4)22-16(27)11(20)7-13(25)26/h8-12,14-15,24H,6-7,20H2,1-5H3,(H,21,29)(H,22,27)(H,23,28)(H,25,26)(H,30,31). The summed E-state index contributed by atoms with van der Waals surface area (Å²) in [4.78, 5) is 59.4. The van der Waals surface area contributed by atoms with Crippen LogP contribution in [0.25, 0.3) is 0 Å². The predicted molar refractivity (Wildman–Crippen MR) is 110 cm³/mol. The molecule has 0 radical (unpaired) electrons. The molecule has 0 aromatic rings. The SMILES string of the molecule is CC(C)CC(NC(=O)C(NC(=O)C(NC(=O)C(N)CC(=O)O)C(C)C)C(C)O)C(=O)O. The molecule has 0 spiro atoms. The van der Waals surface area contributed by atoms with Gasteiger partial charge in [0, 0.05) is 0 Å². The Morgan fingerprint density at radius 3 is 1.68 bits per heavy atom. The summed E-state index contributed by atoms with van der Waals surface area (Å²) in [5.41, 5.74) is 5.50. The first-order valence-corrected chi connectivity index (χ1v) is 9.96. The van der Waals surface area contributed by atoms with Crippen molar-refractivity contribution < 1.29 is 39.3 Å². The fraction of sp³-hybridized carbons (Fsp3) is 0.737. The van der Waals surface area contributed by atoms with Crippen molar-refractivity contribution in [2.45, 2.75) is 77.7 Å². The number of nitrogens with one attached hydrogen (secondary N) is 3. The van der Waals surface area contributed by atoms with Crippen molar-refractivity contribution in [3.63, 3.8) is 0 Å². The molecule has 0 fully saturated rings. The summed E-state index contributed by atoms with van der Waals surface area (Å²) in [6, 6.07) is -5.24. The largest absolute Gasteiger partial charge is 0.481 e. The van der Waals surface area contributed by atoms with Crippen LogP contribution in [-0.4, -0.2) is 75.3 Å². The van der Waals surface area contributed by atoms with Crippen molar-refractivity contribution in [2.24, 2.45) is 17.6 Å². The Morgan fingerprint density at radius 2 is 1.29 bits per heavy atom. The van der Waals surface area contributed by atoms with Gasteiger partial charge in [-0.05, 0) is 25.2 Å². The Labute approximate surface area is 180 Å². The molecule has 0 aliphatic rings. The Bertz CT molecular complexity index is 665. The Morgan fingerprint density at radius 1 is 0.806 bits per heavy atom. The van der Waals surface area contributed by atoms with E-state index >= 15 is 0 Å². The molecule has 178 valence electrons. The Kier molecular flexibility index (Phi) is 11.7. The minimum Gasteiger partial charge on any atom is -0.481 e. The second-order valence-corrected chi connectivity index (χ2v) is 8.19. The van der Waals surface area contributed by atoms with E-state index in [4.69, 9.17) is 10.8 Å². The van der Waals surface area contributed by atoms with Crippen LogP contribution in [0.5, 0.6) is 0 Å². The highest BCUT2D eigenvalue weighted by Gasteiger charge is 2.34. The quantitative estimate of drug-likeness (QED) is 0.174. The van der Waals surface area contributed by atoms with Gasteiger partial charge in [-0.2, -0.15) is 0 Å². The fourth-order valence-corrected chi connectivity index (χ4v) is 2.68. The zero-order valence-corrected chi connectivity index (χ0v) is 18.4. The number of nitrogens with two attached hydrogens (primary N) is 1. The van der Waals surface area contributed by atoms with Crippen molar-refractivity contribution in [1.82, 2.24) is 16.0 Å². The fourth-order valence-electron chi connectivity index (χ4n) is 2.68. The van der Waals surface area contributed by atoms with Gasteiger partial charge in [0.25, 0.3) is 0 Å². The van der Waals surface area contributed by atoms with E-state index in [0.717, 1.165) is 0 Å². The number of carboxylic acid groups (broad SMARTS) is 2. The Hall–Kier alpha value is -2.73. The van der Waals surface area contributed by atoms with Crippen molar-refractivity contribution >= 4 is 29.7 Å². The highest BCUT2D eigenvalue weighted by atomic mass is 16.4. The molecule has 8 N–H and O–H groups in total. The van der Waals surface area contributed by atoms with E-state index in [1.165, 1.54) is 6.92 Å². The lowest BCUT2D eigenvalue weighted by Gasteiger charge is -2.28. The average molecular weight is 447 g/mol. The van der Waals surface area contributed by atoms with Gasteiger partial charge in [-0.25, -0.2) is 4.79 Å². The van der Waals surface area contributed by atoms with Crippen LogP contribution in [-0.2, 0) is 24.0 Å². The van der Waals surface area contributed by atoms with Gasteiger partial charge in [0.15, 0.2) is 0 Å². The first-order chi connectivity index (χ1) is 14.2. The summed E-state index contributed by atoms with van der Waals surface area (Å²) in [6.07, 6.45) is -1.85. The summed E-state index contributed by atoms with van der Waals surface area (Å²) in [5, 5.41) is 34.9. The third-order valence-corrected chi connectivity index (χ3v) is 4.36. The lowest BCUT2D eigenvalue weighted by atomic mass is 10.0. The molecule has 12 heteroatoms. The van der Waals surface area contributed by atoms with Crippen LogP contribution in [0.3, 0.4) is 0 Å². The smallest absolute Gasteiger partial charge is 0.326 e. The van der Waals surface area contributed by atoms with Crippen molar-refractivity contribution in [2.75, 3.05) is 0 Å². The summed E-state index contributed by atoms with van der Waals surface area (Å²) in [5.74, 6) is -5.61. The van der Waals surface area contributed by atoms with Crippen LogP contribution in [0, 0.1) is 11.8 Å². The predicted octanol–water partition coefficient (Wildman–Crippen LogP) is -1.59. The molecular formula is C19H34N4O8. The van der Waals surface area contributed by atoms with Crippen molar-refractivity contribution in [1.29, 1.82) is 0 Å². The van der Waals surface area contributed by atoms with E-state index in [1.807, 2.05) is 0 Å². The number of amides is 3. The van der Waals surface area contributed by atoms with E-state index in [2.05, 4.69) is 16.0 Å². The maximum atomic E-state index is 12.7. The number of carbonyl (C=O) groups is 5. The molecule has 12 nitrogen and oxygen atoms in total. The van der Waals surface area contributed by atoms with E-state index < -0.39 is 72.3 Å². The summed E-state index contributed by atoms with van der Waals surface area (Å²) >= 11 is 0. The molecule has 0 bridgehead atoms. The van der Waals surface area contributed by atoms with Crippen LogP contribution in [0.15, 0.2) is 0 Å². The van der Waals surface area contributed by atoms with Crippen molar-refractivity contribution in [3.8, 4) is 0 Å².